The Morgan fingerprint density at radius 1 is 0.886 bits per heavy atom. The molecule has 3 aromatic carbocycles. The smallest absolute Gasteiger partial charge is 0.251 e. The second kappa shape index (κ2) is 16.2. The standard InChI is InChI=1S/C36H46N6O2/c1-27(31-14-9-12-29-11-5-6-13-32(29)31)40-36(44)33(15-10-24-42-22-7-3-2-4-8-23-42)41-35(43)30-18-16-28(17-19-30)25-37-26-34-38-20-21-39-34/h5-6,9,11-14,16-21,27,33,37H,2-4,7-8,10,15,22-26H2,1H3,(H,38,39)(H,40,44)(H,41,43)/t27-,33-/m0/s1. The maximum absolute atomic E-state index is 13.7. The van der Waals surface area contributed by atoms with Crippen molar-refractivity contribution in [1.82, 2.24) is 30.8 Å². The second-order valence-corrected chi connectivity index (χ2v) is 11.9. The summed E-state index contributed by atoms with van der Waals surface area (Å²) in [6, 6.07) is 21.1. The van der Waals surface area contributed by atoms with Gasteiger partial charge in [-0.1, -0.05) is 73.9 Å². The third kappa shape index (κ3) is 9.00. The molecule has 1 aliphatic rings. The number of rotatable bonds is 13. The van der Waals surface area contributed by atoms with Crippen LogP contribution in [0.2, 0.25) is 0 Å². The summed E-state index contributed by atoms with van der Waals surface area (Å²) in [4.78, 5) is 36.9. The lowest BCUT2D eigenvalue weighted by Gasteiger charge is -2.26. The average Bonchev–Trinajstić information content (AvgIpc) is 3.55. The Kier molecular flexibility index (Phi) is 11.5. The number of aromatic nitrogens is 2. The zero-order chi connectivity index (χ0) is 30.6. The predicted molar refractivity (Wildman–Crippen MR) is 176 cm³/mol. The van der Waals surface area contributed by atoms with Gasteiger partial charge in [-0.2, -0.15) is 0 Å². The molecular formula is C36H46N6O2. The van der Waals surface area contributed by atoms with Crippen molar-refractivity contribution in [3.63, 3.8) is 0 Å². The minimum absolute atomic E-state index is 0.148. The van der Waals surface area contributed by atoms with E-state index in [-0.39, 0.29) is 17.9 Å². The van der Waals surface area contributed by atoms with Crippen LogP contribution in [0.25, 0.3) is 10.8 Å². The first kappa shape index (κ1) is 31.4. The molecule has 2 heterocycles. The zero-order valence-corrected chi connectivity index (χ0v) is 25.9. The molecule has 2 atom stereocenters. The Morgan fingerprint density at radius 2 is 1.64 bits per heavy atom. The van der Waals surface area contributed by atoms with Crippen molar-refractivity contribution in [2.24, 2.45) is 0 Å². The first-order valence-electron chi connectivity index (χ1n) is 16.2. The minimum Gasteiger partial charge on any atom is -0.348 e. The number of fused-ring (bicyclic) bond motifs is 1. The number of carbonyl (C=O) groups is 2. The molecule has 44 heavy (non-hydrogen) atoms. The van der Waals surface area contributed by atoms with Gasteiger partial charge in [-0.05, 0) is 86.3 Å². The van der Waals surface area contributed by atoms with Gasteiger partial charge in [0.15, 0.2) is 0 Å². The minimum atomic E-state index is -0.621. The van der Waals surface area contributed by atoms with Crippen molar-refractivity contribution in [1.29, 1.82) is 0 Å². The molecule has 4 aromatic rings. The van der Waals surface area contributed by atoms with Crippen LogP contribution in [0, 0.1) is 0 Å². The summed E-state index contributed by atoms with van der Waals surface area (Å²) in [7, 11) is 0. The molecule has 1 aromatic heterocycles. The van der Waals surface area contributed by atoms with Crippen LogP contribution in [0.3, 0.4) is 0 Å². The van der Waals surface area contributed by atoms with Gasteiger partial charge in [-0.15, -0.1) is 0 Å². The van der Waals surface area contributed by atoms with E-state index in [1.165, 1.54) is 32.1 Å². The van der Waals surface area contributed by atoms with E-state index in [2.05, 4.69) is 55.1 Å². The molecule has 8 nitrogen and oxygen atoms in total. The highest BCUT2D eigenvalue weighted by Crippen LogP contribution is 2.24. The number of carbonyl (C=O) groups excluding carboxylic acids is 2. The summed E-state index contributed by atoms with van der Waals surface area (Å²) in [5, 5.41) is 11.9. The van der Waals surface area contributed by atoms with Crippen molar-refractivity contribution in [2.75, 3.05) is 19.6 Å². The Morgan fingerprint density at radius 3 is 2.41 bits per heavy atom. The normalized spacial score (nSPS) is 15.7. The molecule has 8 heteroatoms. The van der Waals surface area contributed by atoms with Crippen LogP contribution in [-0.4, -0.2) is 52.4 Å². The van der Waals surface area contributed by atoms with E-state index < -0.39 is 6.04 Å². The van der Waals surface area contributed by atoms with Gasteiger partial charge < -0.3 is 25.8 Å². The molecule has 1 aliphatic heterocycles. The fourth-order valence-electron chi connectivity index (χ4n) is 6.08. The van der Waals surface area contributed by atoms with E-state index in [1.54, 1.807) is 12.4 Å². The zero-order valence-electron chi connectivity index (χ0n) is 25.9. The number of hydrogen-bond donors (Lipinski definition) is 4. The van der Waals surface area contributed by atoms with Gasteiger partial charge in [0.05, 0.1) is 12.6 Å². The van der Waals surface area contributed by atoms with Gasteiger partial charge in [0.2, 0.25) is 5.91 Å². The average molecular weight is 595 g/mol. The number of nitrogens with one attached hydrogen (secondary N) is 4. The lowest BCUT2D eigenvalue weighted by atomic mass is 9.99. The monoisotopic (exact) mass is 594 g/mol. The van der Waals surface area contributed by atoms with E-state index in [0.717, 1.165) is 53.8 Å². The number of hydrogen-bond acceptors (Lipinski definition) is 5. The summed E-state index contributed by atoms with van der Waals surface area (Å²) >= 11 is 0. The number of nitrogens with zero attached hydrogens (tertiary/aromatic N) is 2. The summed E-state index contributed by atoms with van der Waals surface area (Å²) in [6.45, 7) is 6.49. The molecule has 5 rings (SSSR count). The molecule has 0 saturated carbocycles. The van der Waals surface area contributed by atoms with Crippen LogP contribution in [0.1, 0.15) is 85.2 Å². The molecule has 0 unspecified atom stereocenters. The molecule has 1 saturated heterocycles. The largest absolute Gasteiger partial charge is 0.348 e. The van der Waals surface area contributed by atoms with Crippen LogP contribution >= 0.6 is 0 Å². The molecule has 2 amide bonds. The highest BCUT2D eigenvalue weighted by molar-refractivity contribution is 5.97. The van der Waals surface area contributed by atoms with Crippen molar-refractivity contribution in [3.8, 4) is 0 Å². The molecule has 232 valence electrons. The number of likely N-dealkylation sites (tertiary alicyclic amines) is 1. The van der Waals surface area contributed by atoms with E-state index in [0.29, 0.717) is 25.1 Å². The maximum Gasteiger partial charge on any atom is 0.251 e. The number of aromatic amines is 1. The number of benzene rings is 3. The maximum atomic E-state index is 13.7. The third-order valence-electron chi connectivity index (χ3n) is 8.58. The molecule has 1 fully saturated rings. The highest BCUT2D eigenvalue weighted by atomic mass is 16.2. The highest BCUT2D eigenvalue weighted by Gasteiger charge is 2.24. The Hall–Kier alpha value is -4.01. The number of imidazole rings is 1. The van der Waals surface area contributed by atoms with Crippen molar-refractivity contribution >= 4 is 22.6 Å². The summed E-state index contributed by atoms with van der Waals surface area (Å²) in [5.74, 6) is 0.501. The van der Waals surface area contributed by atoms with Crippen molar-refractivity contribution in [3.05, 3.63) is 102 Å². The van der Waals surface area contributed by atoms with Crippen LogP contribution in [0.15, 0.2) is 79.1 Å². The van der Waals surface area contributed by atoms with Gasteiger partial charge in [0.25, 0.3) is 5.91 Å². The SMILES string of the molecule is C[C@H](NC(=O)[C@H](CCCN1CCCCCCC1)NC(=O)c1ccc(CNCc2ncc[nH]2)cc1)c1cccc2ccccc12. The van der Waals surface area contributed by atoms with Gasteiger partial charge >= 0.3 is 0 Å². The fraction of sp³-hybridized carbons (Fsp3) is 0.417. The van der Waals surface area contributed by atoms with Gasteiger partial charge in [-0.25, -0.2) is 4.98 Å². The van der Waals surface area contributed by atoms with Crippen LogP contribution < -0.4 is 16.0 Å². The lowest BCUT2D eigenvalue weighted by Crippen LogP contribution is -2.47. The second-order valence-electron chi connectivity index (χ2n) is 11.9. The molecule has 0 aliphatic carbocycles. The molecule has 4 N–H and O–H groups in total. The molecule has 0 bridgehead atoms. The van der Waals surface area contributed by atoms with Crippen LogP contribution in [0.5, 0.6) is 0 Å². The topological polar surface area (TPSA) is 102 Å². The van der Waals surface area contributed by atoms with E-state index in [1.807, 2.05) is 49.4 Å². The molecule has 0 radical (unpaired) electrons. The predicted octanol–water partition coefficient (Wildman–Crippen LogP) is 5.87. The first-order chi connectivity index (χ1) is 21.6. The van der Waals surface area contributed by atoms with Crippen LogP contribution in [-0.2, 0) is 17.9 Å². The molecule has 0 spiro atoms. The summed E-state index contributed by atoms with van der Waals surface area (Å²) in [5.41, 5.74) is 2.68. The molecular weight excluding hydrogens is 548 g/mol. The fourth-order valence-corrected chi connectivity index (χ4v) is 6.08. The summed E-state index contributed by atoms with van der Waals surface area (Å²) < 4.78 is 0. The number of amides is 2. The first-order valence-corrected chi connectivity index (χ1v) is 16.2. The quantitative estimate of drug-likeness (QED) is 0.155. The van der Waals surface area contributed by atoms with Crippen LogP contribution in [0.4, 0.5) is 0 Å². The van der Waals surface area contributed by atoms with Gasteiger partial charge in [0, 0.05) is 24.5 Å². The van der Waals surface area contributed by atoms with Crippen molar-refractivity contribution < 1.29 is 9.59 Å². The van der Waals surface area contributed by atoms with Gasteiger partial charge in [0.1, 0.15) is 11.9 Å². The Balaban J connectivity index is 1.22. The third-order valence-corrected chi connectivity index (χ3v) is 8.58. The van der Waals surface area contributed by atoms with E-state index in [9.17, 15) is 9.59 Å². The van der Waals surface area contributed by atoms with E-state index in [4.69, 9.17) is 0 Å². The summed E-state index contributed by atoms with van der Waals surface area (Å²) in [6.07, 6.45) is 11.4. The van der Waals surface area contributed by atoms with Gasteiger partial charge in [-0.3, -0.25) is 9.59 Å². The lowest BCUT2D eigenvalue weighted by molar-refractivity contribution is -0.123. The number of H-pyrrole nitrogens is 1. The Labute approximate surface area is 261 Å². The van der Waals surface area contributed by atoms with Crippen molar-refractivity contribution in [2.45, 2.75) is 77.0 Å². The Bertz CT molecular complexity index is 1460. The van der Waals surface area contributed by atoms with E-state index >= 15 is 0 Å².